The third-order valence-electron chi connectivity index (χ3n) is 5.36. The summed E-state index contributed by atoms with van der Waals surface area (Å²) in [6.45, 7) is 19.0. The molecule has 0 aromatic carbocycles. The molecule has 0 spiro atoms. The van der Waals surface area contributed by atoms with E-state index >= 15 is 0 Å². The molecule has 0 amide bonds. The minimum Gasteiger partial charge on any atom is -0.454 e. The van der Waals surface area contributed by atoms with Gasteiger partial charge in [-0.15, -0.1) is 0 Å². The van der Waals surface area contributed by atoms with Gasteiger partial charge in [0.1, 0.15) is 18.3 Å². The summed E-state index contributed by atoms with van der Waals surface area (Å²) in [5.74, 6) is -0.769. The zero-order valence-electron chi connectivity index (χ0n) is 19.0. The summed E-state index contributed by atoms with van der Waals surface area (Å²) in [5.41, 5.74) is -1.73. The lowest BCUT2D eigenvalue weighted by molar-refractivity contribution is -0.155. The van der Waals surface area contributed by atoms with Crippen molar-refractivity contribution < 1.29 is 33.3 Å². The van der Waals surface area contributed by atoms with E-state index in [2.05, 4.69) is 41.5 Å². The van der Waals surface area contributed by atoms with Crippen molar-refractivity contribution in [2.75, 3.05) is 6.61 Å². The molecule has 1 rings (SSSR count). The maximum atomic E-state index is 12.3. The van der Waals surface area contributed by atoms with Crippen molar-refractivity contribution in [3.05, 3.63) is 0 Å². The summed E-state index contributed by atoms with van der Waals surface area (Å²) in [5, 5.41) is 10.8. The van der Waals surface area contributed by atoms with E-state index in [1.165, 1.54) is 6.92 Å². The van der Waals surface area contributed by atoms with Crippen LogP contribution < -0.4 is 0 Å². The fourth-order valence-electron chi connectivity index (χ4n) is 4.17. The normalized spacial score (nSPS) is 26.1. The molecule has 28 heavy (non-hydrogen) atoms. The van der Waals surface area contributed by atoms with Crippen molar-refractivity contribution in [1.82, 2.24) is 0 Å². The van der Waals surface area contributed by atoms with Gasteiger partial charge in [0.2, 0.25) is 8.32 Å². The average Bonchev–Trinajstić information content (AvgIpc) is 2.69. The number of hydrogen-bond donors (Lipinski definition) is 1. The molecule has 0 radical (unpaired) electrons. The Morgan fingerprint density at radius 1 is 1.14 bits per heavy atom. The van der Waals surface area contributed by atoms with Gasteiger partial charge >= 0.3 is 12.1 Å². The Labute approximate surface area is 170 Å². The highest BCUT2D eigenvalue weighted by Crippen LogP contribution is 2.45. The first-order valence-electron chi connectivity index (χ1n) is 10.0. The molecule has 0 unspecified atom stereocenters. The number of carbonyl (C=O) groups excluding carboxylic acids is 2. The monoisotopic (exact) mass is 418 g/mol. The predicted octanol–water partition coefficient (Wildman–Crippen LogP) is 4.18. The second-order valence-electron chi connectivity index (χ2n) is 9.72. The second-order valence-corrected chi connectivity index (χ2v) is 15.1. The van der Waals surface area contributed by atoms with Crippen molar-refractivity contribution in [2.24, 2.45) is 0 Å². The Morgan fingerprint density at radius 3 is 2.00 bits per heavy atom. The van der Waals surface area contributed by atoms with E-state index in [1.54, 1.807) is 20.8 Å². The lowest BCUT2D eigenvalue weighted by atomic mass is 9.99. The highest BCUT2D eigenvalue weighted by molar-refractivity contribution is 6.77. The molecule has 1 N–H and O–H groups in total. The SMILES string of the molecule is CC(C)[Si](O[C@@H]1[C@@H](COC(=O)OC(C)(C)C)OC(=O)[C@@]1(C)O)(C(C)C)C(C)C. The third-order valence-corrected chi connectivity index (χ3v) is 11.4. The number of ether oxygens (including phenoxy) is 3. The quantitative estimate of drug-likeness (QED) is 0.490. The number of rotatable bonds is 7. The van der Waals surface area contributed by atoms with Gasteiger partial charge in [0, 0.05) is 0 Å². The summed E-state index contributed by atoms with van der Waals surface area (Å²) in [7, 11) is -2.41. The molecule has 1 saturated heterocycles. The van der Waals surface area contributed by atoms with Gasteiger partial charge < -0.3 is 23.7 Å². The van der Waals surface area contributed by atoms with E-state index < -0.39 is 43.9 Å². The Morgan fingerprint density at radius 2 is 1.61 bits per heavy atom. The molecule has 0 aromatic rings. The fourth-order valence-corrected chi connectivity index (χ4v) is 9.80. The van der Waals surface area contributed by atoms with Crippen molar-refractivity contribution in [1.29, 1.82) is 0 Å². The summed E-state index contributed by atoms with van der Waals surface area (Å²) < 4.78 is 22.2. The molecule has 1 heterocycles. The minimum absolute atomic E-state index is 0.236. The van der Waals surface area contributed by atoms with E-state index in [0.29, 0.717) is 0 Å². The molecule has 0 bridgehead atoms. The second kappa shape index (κ2) is 8.71. The van der Waals surface area contributed by atoms with E-state index in [1.807, 2.05) is 0 Å². The number of hydrogen-bond acceptors (Lipinski definition) is 7. The molecule has 3 atom stereocenters. The smallest absolute Gasteiger partial charge is 0.454 e. The fraction of sp³-hybridized carbons (Fsp3) is 0.900. The first kappa shape index (κ1) is 24.9. The topological polar surface area (TPSA) is 91.3 Å². The van der Waals surface area contributed by atoms with Crippen LogP contribution in [0.15, 0.2) is 0 Å². The largest absolute Gasteiger partial charge is 0.508 e. The maximum Gasteiger partial charge on any atom is 0.508 e. The molecule has 1 fully saturated rings. The van der Waals surface area contributed by atoms with Crippen LogP contribution in [0.5, 0.6) is 0 Å². The summed E-state index contributed by atoms with van der Waals surface area (Å²) in [4.78, 5) is 24.2. The molecule has 1 aliphatic heterocycles. The Hall–Kier alpha value is -1.12. The van der Waals surface area contributed by atoms with Crippen molar-refractivity contribution in [2.45, 2.75) is 109 Å². The Kier molecular flexibility index (Phi) is 7.75. The van der Waals surface area contributed by atoms with Gasteiger partial charge in [-0.25, -0.2) is 9.59 Å². The van der Waals surface area contributed by atoms with Crippen molar-refractivity contribution >= 4 is 20.4 Å². The van der Waals surface area contributed by atoms with Gasteiger partial charge in [-0.2, -0.15) is 0 Å². The highest BCUT2D eigenvalue weighted by Gasteiger charge is 2.59. The molecular formula is C20H38O7Si. The van der Waals surface area contributed by atoms with Crippen molar-refractivity contribution in [3.63, 3.8) is 0 Å². The zero-order valence-corrected chi connectivity index (χ0v) is 20.0. The number of cyclic esters (lactones) is 1. The summed E-state index contributed by atoms with van der Waals surface area (Å²) in [6, 6.07) is 0. The molecule has 1 aliphatic rings. The molecular weight excluding hydrogens is 380 g/mol. The van der Waals surface area contributed by atoms with E-state index in [4.69, 9.17) is 18.6 Å². The number of carbonyl (C=O) groups is 2. The van der Waals surface area contributed by atoms with Crippen LogP contribution in [0.25, 0.3) is 0 Å². The van der Waals surface area contributed by atoms with Gasteiger partial charge in [-0.1, -0.05) is 41.5 Å². The number of aliphatic hydroxyl groups is 1. The summed E-state index contributed by atoms with van der Waals surface area (Å²) in [6.07, 6.45) is -2.66. The van der Waals surface area contributed by atoms with Gasteiger partial charge in [0.15, 0.2) is 11.7 Å². The standard InChI is InChI=1S/C20H38O7Si/c1-12(2)28(13(3)4,14(5)6)27-16-15(25-17(21)20(16,10)23)11-24-18(22)26-19(7,8)9/h12-16,23H,11H2,1-10H3/t15-,16-,20+/m1/s1. The number of esters is 1. The Bertz CT molecular complexity index is 542. The van der Waals surface area contributed by atoms with Crippen LogP contribution in [0.2, 0.25) is 16.6 Å². The Balaban J connectivity index is 3.09. The molecule has 0 aliphatic carbocycles. The van der Waals surface area contributed by atoms with Gasteiger partial charge in [0.05, 0.1) is 0 Å². The molecule has 7 nitrogen and oxygen atoms in total. The zero-order chi connectivity index (χ0) is 22.1. The first-order chi connectivity index (χ1) is 12.6. The highest BCUT2D eigenvalue weighted by atomic mass is 28.4. The van der Waals surface area contributed by atoms with Crippen LogP contribution in [0.3, 0.4) is 0 Å². The van der Waals surface area contributed by atoms with Gasteiger partial charge in [-0.05, 0) is 44.3 Å². The average molecular weight is 419 g/mol. The lowest BCUT2D eigenvalue weighted by Crippen LogP contribution is -2.57. The van der Waals surface area contributed by atoms with Crippen LogP contribution in [0, 0.1) is 0 Å². The van der Waals surface area contributed by atoms with Gasteiger partial charge in [0.25, 0.3) is 0 Å². The van der Waals surface area contributed by atoms with Crippen LogP contribution in [-0.2, 0) is 23.4 Å². The van der Waals surface area contributed by atoms with Crippen LogP contribution in [0.4, 0.5) is 4.79 Å². The molecule has 164 valence electrons. The van der Waals surface area contributed by atoms with Crippen molar-refractivity contribution in [3.8, 4) is 0 Å². The van der Waals surface area contributed by atoms with Crippen LogP contribution in [-0.4, -0.2) is 55.6 Å². The van der Waals surface area contributed by atoms with E-state index in [-0.39, 0.29) is 23.2 Å². The maximum absolute atomic E-state index is 12.3. The van der Waals surface area contributed by atoms with E-state index in [0.717, 1.165) is 0 Å². The van der Waals surface area contributed by atoms with Gasteiger partial charge in [-0.3, -0.25) is 0 Å². The molecule has 8 heteroatoms. The van der Waals surface area contributed by atoms with Crippen LogP contribution >= 0.6 is 0 Å². The molecule has 0 saturated carbocycles. The first-order valence-corrected chi connectivity index (χ1v) is 12.2. The van der Waals surface area contributed by atoms with Crippen LogP contribution in [0.1, 0.15) is 69.2 Å². The molecule has 0 aromatic heterocycles. The predicted molar refractivity (Wildman–Crippen MR) is 109 cm³/mol. The minimum atomic E-state index is -2.41. The lowest BCUT2D eigenvalue weighted by Gasteiger charge is -2.45. The third kappa shape index (κ3) is 5.27. The summed E-state index contributed by atoms with van der Waals surface area (Å²) >= 11 is 0. The van der Waals surface area contributed by atoms with E-state index in [9.17, 15) is 14.7 Å².